The first kappa shape index (κ1) is 21.0. The van der Waals surface area contributed by atoms with Gasteiger partial charge in [0.2, 0.25) is 0 Å². The SMILES string of the molecule is N#Cc1ccc(CN2C(=O)COc3cc(NC(=O)Nc4ccc5cc[nH]c5c4)ccc32)c(F)c1. The molecule has 9 heteroatoms. The van der Waals surface area contributed by atoms with Crippen LogP contribution in [-0.2, 0) is 11.3 Å². The maximum atomic E-state index is 14.4. The molecule has 4 aromatic rings. The molecule has 1 aliphatic rings. The molecule has 0 saturated heterocycles. The second-order valence-electron chi connectivity index (χ2n) is 7.73. The molecule has 5 rings (SSSR count). The molecule has 0 unspecified atom stereocenters. The highest BCUT2D eigenvalue weighted by Gasteiger charge is 2.27. The Morgan fingerprint density at radius 3 is 2.68 bits per heavy atom. The first-order chi connectivity index (χ1) is 16.5. The first-order valence-electron chi connectivity index (χ1n) is 10.4. The first-order valence-corrected chi connectivity index (χ1v) is 10.4. The van der Waals surface area contributed by atoms with E-state index in [-0.39, 0.29) is 30.2 Å². The van der Waals surface area contributed by atoms with Crippen molar-refractivity contribution in [2.24, 2.45) is 0 Å². The zero-order chi connectivity index (χ0) is 23.7. The maximum absolute atomic E-state index is 14.4. The maximum Gasteiger partial charge on any atom is 0.323 e. The third-order valence-electron chi connectivity index (χ3n) is 5.48. The number of nitriles is 1. The lowest BCUT2D eigenvalue weighted by Gasteiger charge is -2.30. The van der Waals surface area contributed by atoms with Crippen LogP contribution in [0, 0.1) is 17.1 Å². The van der Waals surface area contributed by atoms with Crippen molar-refractivity contribution >= 4 is 39.9 Å². The zero-order valence-corrected chi connectivity index (χ0v) is 17.8. The molecule has 0 saturated carbocycles. The number of fused-ring (bicyclic) bond motifs is 2. The molecule has 0 atom stereocenters. The molecule has 34 heavy (non-hydrogen) atoms. The van der Waals surface area contributed by atoms with Crippen LogP contribution in [0.1, 0.15) is 11.1 Å². The highest BCUT2D eigenvalue weighted by atomic mass is 19.1. The summed E-state index contributed by atoms with van der Waals surface area (Å²) in [7, 11) is 0. The Balaban J connectivity index is 1.32. The molecule has 168 valence electrons. The number of halogens is 1. The van der Waals surface area contributed by atoms with Gasteiger partial charge in [-0.05, 0) is 47.9 Å². The topological polar surface area (TPSA) is 110 Å². The van der Waals surface area contributed by atoms with Crippen LogP contribution in [-0.4, -0.2) is 23.5 Å². The molecule has 8 nitrogen and oxygen atoms in total. The van der Waals surface area contributed by atoms with Gasteiger partial charge in [0.1, 0.15) is 11.6 Å². The van der Waals surface area contributed by atoms with Crippen molar-refractivity contribution in [3.05, 3.63) is 83.8 Å². The third kappa shape index (κ3) is 4.12. The Bertz CT molecular complexity index is 1470. The average Bonchev–Trinajstić information content (AvgIpc) is 3.29. The zero-order valence-electron chi connectivity index (χ0n) is 17.8. The molecule has 0 fully saturated rings. The minimum atomic E-state index is -0.563. The Morgan fingerprint density at radius 1 is 1.09 bits per heavy atom. The predicted octanol–water partition coefficient (Wildman–Crippen LogP) is 4.75. The number of urea groups is 1. The van der Waals surface area contributed by atoms with Gasteiger partial charge in [0.15, 0.2) is 6.61 Å². The summed E-state index contributed by atoms with van der Waals surface area (Å²) in [6.45, 7) is -0.224. The number of nitrogens with zero attached hydrogens (tertiary/aromatic N) is 2. The largest absolute Gasteiger partial charge is 0.481 e. The van der Waals surface area contributed by atoms with Crippen LogP contribution in [0.4, 0.5) is 26.2 Å². The van der Waals surface area contributed by atoms with Gasteiger partial charge in [0.25, 0.3) is 5.91 Å². The number of benzene rings is 3. The molecule has 0 bridgehead atoms. The van der Waals surface area contributed by atoms with Crippen LogP contribution < -0.4 is 20.3 Å². The van der Waals surface area contributed by atoms with Crippen LogP contribution in [0.15, 0.2) is 66.9 Å². The van der Waals surface area contributed by atoms with Gasteiger partial charge in [0.05, 0.1) is 23.9 Å². The molecular weight excluding hydrogens is 437 g/mol. The lowest BCUT2D eigenvalue weighted by molar-refractivity contribution is -0.121. The van der Waals surface area contributed by atoms with Gasteiger partial charge < -0.3 is 25.3 Å². The summed E-state index contributed by atoms with van der Waals surface area (Å²) in [6, 6.07) is 17.9. The summed E-state index contributed by atoms with van der Waals surface area (Å²) in [5.74, 6) is -0.499. The van der Waals surface area contributed by atoms with Crippen LogP contribution in [0.2, 0.25) is 0 Å². The van der Waals surface area contributed by atoms with Crippen molar-refractivity contribution in [1.29, 1.82) is 5.26 Å². The number of anilines is 3. The molecular formula is C25H18FN5O3. The van der Waals surface area contributed by atoms with E-state index in [2.05, 4.69) is 15.6 Å². The molecule has 0 radical (unpaired) electrons. The van der Waals surface area contributed by atoms with E-state index in [1.807, 2.05) is 30.5 Å². The molecule has 0 aliphatic carbocycles. The van der Waals surface area contributed by atoms with E-state index in [4.69, 9.17) is 10.00 Å². The lowest BCUT2D eigenvalue weighted by atomic mass is 10.1. The van der Waals surface area contributed by atoms with Crippen LogP contribution in [0.25, 0.3) is 10.9 Å². The van der Waals surface area contributed by atoms with Crippen molar-refractivity contribution in [3.8, 4) is 11.8 Å². The van der Waals surface area contributed by atoms with Crippen LogP contribution in [0.5, 0.6) is 5.75 Å². The summed E-state index contributed by atoms with van der Waals surface area (Å²) < 4.78 is 19.9. The summed E-state index contributed by atoms with van der Waals surface area (Å²) in [6.07, 6.45) is 1.82. The van der Waals surface area contributed by atoms with E-state index in [1.165, 1.54) is 17.0 Å². The molecule has 3 aromatic carbocycles. The van der Waals surface area contributed by atoms with E-state index < -0.39 is 11.8 Å². The Hall–Kier alpha value is -4.84. The number of ether oxygens (including phenoxy) is 1. The number of aromatic nitrogens is 1. The van der Waals surface area contributed by atoms with Gasteiger partial charge in [-0.1, -0.05) is 12.1 Å². The van der Waals surface area contributed by atoms with Gasteiger partial charge in [0, 0.05) is 34.7 Å². The number of nitrogens with one attached hydrogen (secondary N) is 3. The highest BCUT2D eigenvalue weighted by Crippen LogP contribution is 2.35. The standard InChI is InChI=1S/C25H18FN5O3/c26-20-9-15(12-27)1-2-17(20)13-31-22-6-5-19(11-23(22)34-14-24(31)32)30-25(33)29-18-4-3-16-7-8-28-21(16)10-18/h1-11,28H,13-14H2,(H2,29,30,33). The Morgan fingerprint density at radius 2 is 1.88 bits per heavy atom. The van der Waals surface area contributed by atoms with E-state index in [9.17, 15) is 14.0 Å². The van der Waals surface area contributed by atoms with Crippen molar-refractivity contribution in [2.45, 2.75) is 6.54 Å². The van der Waals surface area contributed by atoms with Gasteiger partial charge in [-0.3, -0.25) is 4.79 Å². The van der Waals surface area contributed by atoms with Gasteiger partial charge in [-0.15, -0.1) is 0 Å². The number of carbonyl (C=O) groups excluding carboxylic acids is 2. The van der Waals surface area contributed by atoms with E-state index in [0.717, 1.165) is 17.0 Å². The fraction of sp³-hybridized carbons (Fsp3) is 0.0800. The van der Waals surface area contributed by atoms with E-state index in [1.54, 1.807) is 24.3 Å². The number of aromatic amines is 1. The predicted molar refractivity (Wildman–Crippen MR) is 125 cm³/mol. The molecule has 3 amide bonds. The van der Waals surface area contributed by atoms with E-state index in [0.29, 0.717) is 22.8 Å². The van der Waals surface area contributed by atoms with Crippen LogP contribution in [0.3, 0.4) is 0 Å². The minimum absolute atomic E-state index is 0.0127. The second-order valence-corrected chi connectivity index (χ2v) is 7.73. The molecule has 0 spiro atoms. The van der Waals surface area contributed by atoms with Crippen molar-refractivity contribution < 1.29 is 18.7 Å². The van der Waals surface area contributed by atoms with Crippen molar-refractivity contribution in [2.75, 3.05) is 22.1 Å². The van der Waals surface area contributed by atoms with E-state index >= 15 is 0 Å². The molecule has 3 N–H and O–H groups in total. The number of rotatable bonds is 4. The summed E-state index contributed by atoms with van der Waals surface area (Å²) in [4.78, 5) is 29.5. The number of amides is 3. The third-order valence-corrected chi connectivity index (χ3v) is 5.48. The second kappa shape index (κ2) is 8.60. The summed E-state index contributed by atoms with van der Waals surface area (Å²) in [5.41, 5.74) is 2.95. The average molecular weight is 455 g/mol. The Kier molecular flexibility index (Phi) is 5.32. The molecule has 1 aliphatic heterocycles. The highest BCUT2D eigenvalue weighted by molar-refractivity contribution is 6.02. The van der Waals surface area contributed by atoms with Crippen molar-refractivity contribution in [3.63, 3.8) is 0 Å². The van der Waals surface area contributed by atoms with Crippen LogP contribution >= 0.6 is 0 Å². The van der Waals surface area contributed by atoms with Gasteiger partial charge in [-0.2, -0.15) is 5.26 Å². The lowest BCUT2D eigenvalue weighted by Crippen LogP contribution is -2.38. The van der Waals surface area contributed by atoms with Gasteiger partial charge in [-0.25, -0.2) is 9.18 Å². The smallest absolute Gasteiger partial charge is 0.323 e. The normalized spacial score (nSPS) is 12.6. The monoisotopic (exact) mass is 455 g/mol. The van der Waals surface area contributed by atoms with Crippen molar-refractivity contribution in [1.82, 2.24) is 4.98 Å². The van der Waals surface area contributed by atoms with Gasteiger partial charge >= 0.3 is 6.03 Å². The fourth-order valence-corrected chi connectivity index (χ4v) is 3.79. The Labute approximate surface area is 193 Å². The molecule has 1 aromatic heterocycles. The number of hydrogen-bond donors (Lipinski definition) is 3. The molecule has 2 heterocycles. The number of H-pyrrole nitrogens is 1. The summed E-state index contributed by atoms with van der Waals surface area (Å²) in [5, 5.41) is 15.5. The number of carbonyl (C=O) groups is 2. The minimum Gasteiger partial charge on any atom is -0.481 e. The fourth-order valence-electron chi connectivity index (χ4n) is 3.79. The summed E-state index contributed by atoms with van der Waals surface area (Å²) >= 11 is 0. The number of hydrogen-bond acceptors (Lipinski definition) is 4. The quantitative estimate of drug-likeness (QED) is 0.412.